The fourth-order valence-corrected chi connectivity index (χ4v) is 2.02. The van der Waals surface area contributed by atoms with Crippen LogP contribution in [-0.2, 0) is 7.05 Å². The van der Waals surface area contributed by atoms with Crippen molar-refractivity contribution in [2.45, 2.75) is 0 Å². The molecule has 0 amide bonds. The molecule has 3 nitrogen and oxygen atoms in total. The molecule has 1 heterocycles. The SMILES string of the molecule is Cn1cnc2ccc(Oc3ccc(F)c(Cl)c3)cc21. The van der Waals surface area contributed by atoms with Crippen LogP contribution in [0.25, 0.3) is 11.0 Å². The quantitative estimate of drug-likeness (QED) is 0.703. The summed E-state index contributed by atoms with van der Waals surface area (Å²) in [5.74, 6) is 0.683. The van der Waals surface area contributed by atoms with Crippen LogP contribution in [0.3, 0.4) is 0 Å². The Morgan fingerprint density at radius 1 is 1.16 bits per heavy atom. The van der Waals surface area contributed by atoms with E-state index < -0.39 is 5.82 Å². The molecule has 2 aromatic carbocycles. The van der Waals surface area contributed by atoms with Crippen molar-refractivity contribution >= 4 is 22.6 Å². The predicted octanol–water partition coefficient (Wildman–Crippen LogP) is 4.16. The fourth-order valence-electron chi connectivity index (χ4n) is 1.85. The van der Waals surface area contributed by atoms with E-state index in [-0.39, 0.29) is 5.02 Å². The van der Waals surface area contributed by atoms with Gasteiger partial charge < -0.3 is 9.30 Å². The lowest BCUT2D eigenvalue weighted by Crippen LogP contribution is -1.88. The molecule has 0 unspecified atom stereocenters. The van der Waals surface area contributed by atoms with Crippen LogP contribution < -0.4 is 4.74 Å². The Morgan fingerprint density at radius 3 is 2.68 bits per heavy atom. The van der Waals surface area contributed by atoms with Crippen molar-refractivity contribution in [2.24, 2.45) is 7.05 Å². The largest absolute Gasteiger partial charge is 0.457 e. The number of hydrogen-bond donors (Lipinski definition) is 0. The Labute approximate surface area is 114 Å². The lowest BCUT2D eigenvalue weighted by Gasteiger charge is -2.06. The van der Waals surface area contributed by atoms with Gasteiger partial charge in [0.1, 0.15) is 17.3 Å². The molecule has 0 saturated carbocycles. The second-order valence-electron chi connectivity index (χ2n) is 4.18. The molecule has 3 rings (SSSR count). The zero-order valence-electron chi connectivity index (χ0n) is 10.1. The van der Waals surface area contributed by atoms with E-state index in [0.717, 1.165) is 11.0 Å². The molecule has 1 aromatic heterocycles. The van der Waals surface area contributed by atoms with Gasteiger partial charge in [-0.15, -0.1) is 0 Å². The molecule has 0 aliphatic carbocycles. The smallest absolute Gasteiger partial charge is 0.142 e. The van der Waals surface area contributed by atoms with Gasteiger partial charge >= 0.3 is 0 Å². The molecule has 96 valence electrons. The molecule has 0 atom stereocenters. The highest BCUT2D eigenvalue weighted by molar-refractivity contribution is 6.30. The van der Waals surface area contributed by atoms with E-state index in [1.807, 2.05) is 29.8 Å². The average Bonchev–Trinajstić information content (AvgIpc) is 2.76. The number of hydrogen-bond acceptors (Lipinski definition) is 2. The molecule has 0 radical (unpaired) electrons. The third kappa shape index (κ3) is 2.27. The van der Waals surface area contributed by atoms with Gasteiger partial charge in [0, 0.05) is 19.2 Å². The van der Waals surface area contributed by atoms with Gasteiger partial charge in [0.15, 0.2) is 0 Å². The minimum atomic E-state index is -0.462. The van der Waals surface area contributed by atoms with Crippen LogP contribution in [0.4, 0.5) is 4.39 Å². The van der Waals surface area contributed by atoms with E-state index >= 15 is 0 Å². The Kier molecular flexibility index (Phi) is 2.87. The summed E-state index contributed by atoms with van der Waals surface area (Å²) < 4.78 is 20.6. The first-order valence-electron chi connectivity index (χ1n) is 5.67. The fraction of sp³-hybridized carbons (Fsp3) is 0.0714. The van der Waals surface area contributed by atoms with Crippen molar-refractivity contribution in [3.05, 3.63) is 53.6 Å². The van der Waals surface area contributed by atoms with Crippen LogP contribution in [-0.4, -0.2) is 9.55 Å². The maximum Gasteiger partial charge on any atom is 0.142 e. The van der Waals surface area contributed by atoms with Gasteiger partial charge in [-0.2, -0.15) is 0 Å². The lowest BCUT2D eigenvalue weighted by molar-refractivity contribution is 0.481. The summed E-state index contributed by atoms with van der Waals surface area (Å²) in [6.45, 7) is 0. The number of rotatable bonds is 2. The monoisotopic (exact) mass is 276 g/mol. The third-order valence-corrected chi connectivity index (χ3v) is 3.11. The van der Waals surface area contributed by atoms with Crippen LogP contribution in [0.15, 0.2) is 42.7 Å². The summed E-state index contributed by atoms with van der Waals surface area (Å²) in [6, 6.07) is 9.82. The standard InChI is InChI=1S/C14H10ClFN2O/c1-18-8-17-13-5-3-10(7-14(13)18)19-9-2-4-12(16)11(15)6-9/h2-8H,1H3. The molecule has 0 aliphatic heterocycles. The normalized spacial score (nSPS) is 10.9. The van der Waals surface area contributed by atoms with Crippen LogP contribution >= 0.6 is 11.6 Å². The molecule has 0 N–H and O–H groups in total. The van der Waals surface area contributed by atoms with Crippen molar-refractivity contribution < 1.29 is 9.13 Å². The number of ether oxygens (including phenoxy) is 1. The zero-order valence-corrected chi connectivity index (χ0v) is 10.9. The summed E-state index contributed by atoms with van der Waals surface area (Å²) in [7, 11) is 1.91. The number of aromatic nitrogens is 2. The molecule has 3 aromatic rings. The highest BCUT2D eigenvalue weighted by Crippen LogP contribution is 2.27. The van der Waals surface area contributed by atoms with Crippen molar-refractivity contribution in [3.8, 4) is 11.5 Å². The molecule has 0 saturated heterocycles. The molecule has 0 aliphatic rings. The maximum absolute atomic E-state index is 13.1. The van der Waals surface area contributed by atoms with E-state index in [0.29, 0.717) is 11.5 Å². The van der Waals surface area contributed by atoms with Crippen molar-refractivity contribution in [1.82, 2.24) is 9.55 Å². The molecular weight excluding hydrogens is 267 g/mol. The highest BCUT2D eigenvalue weighted by atomic mass is 35.5. The predicted molar refractivity (Wildman–Crippen MR) is 72.2 cm³/mol. The van der Waals surface area contributed by atoms with E-state index in [1.165, 1.54) is 18.2 Å². The van der Waals surface area contributed by atoms with E-state index in [2.05, 4.69) is 4.98 Å². The maximum atomic E-state index is 13.1. The molecule has 0 fully saturated rings. The van der Waals surface area contributed by atoms with Crippen LogP contribution in [0.5, 0.6) is 11.5 Å². The lowest BCUT2D eigenvalue weighted by atomic mass is 10.3. The summed E-state index contributed by atoms with van der Waals surface area (Å²) >= 11 is 5.71. The minimum Gasteiger partial charge on any atom is -0.457 e. The number of benzene rings is 2. The Bertz CT molecular complexity index is 754. The van der Waals surface area contributed by atoms with Gasteiger partial charge in [0.05, 0.1) is 22.4 Å². The Balaban J connectivity index is 1.95. The van der Waals surface area contributed by atoms with Gasteiger partial charge in [0.25, 0.3) is 0 Å². The van der Waals surface area contributed by atoms with E-state index in [1.54, 1.807) is 6.33 Å². The van der Waals surface area contributed by atoms with Gasteiger partial charge in [-0.1, -0.05) is 11.6 Å². The van der Waals surface area contributed by atoms with Crippen LogP contribution in [0, 0.1) is 5.82 Å². The first-order chi connectivity index (χ1) is 9.13. The Hall–Kier alpha value is -2.07. The van der Waals surface area contributed by atoms with E-state index in [4.69, 9.17) is 16.3 Å². The average molecular weight is 277 g/mol. The highest BCUT2D eigenvalue weighted by Gasteiger charge is 2.05. The first-order valence-corrected chi connectivity index (χ1v) is 6.05. The molecule has 19 heavy (non-hydrogen) atoms. The third-order valence-electron chi connectivity index (χ3n) is 2.82. The van der Waals surface area contributed by atoms with Crippen molar-refractivity contribution in [2.75, 3.05) is 0 Å². The van der Waals surface area contributed by atoms with Crippen LogP contribution in [0.2, 0.25) is 5.02 Å². The first kappa shape index (κ1) is 12.0. The molecule has 0 spiro atoms. The summed E-state index contributed by atoms with van der Waals surface area (Å²) in [4.78, 5) is 4.23. The minimum absolute atomic E-state index is 0.0408. The summed E-state index contributed by atoms with van der Waals surface area (Å²) in [6.07, 6.45) is 1.74. The number of nitrogens with zero attached hydrogens (tertiary/aromatic N) is 2. The molecule has 5 heteroatoms. The van der Waals surface area contributed by atoms with Gasteiger partial charge in [-0.3, -0.25) is 0 Å². The topological polar surface area (TPSA) is 27.1 Å². The number of halogens is 2. The van der Waals surface area contributed by atoms with Crippen molar-refractivity contribution in [1.29, 1.82) is 0 Å². The molecule has 0 bridgehead atoms. The second kappa shape index (κ2) is 4.55. The summed E-state index contributed by atoms with van der Waals surface area (Å²) in [5.41, 5.74) is 1.86. The van der Waals surface area contributed by atoms with Gasteiger partial charge in [0.2, 0.25) is 0 Å². The van der Waals surface area contributed by atoms with Crippen LogP contribution in [0.1, 0.15) is 0 Å². The van der Waals surface area contributed by atoms with Gasteiger partial charge in [-0.05, 0) is 24.3 Å². The van der Waals surface area contributed by atoms with Crippen molar-refractivity contribution in [3.63, 3.8) is 0 Å². The molecular formula is C14H10ClFN2O. The summed E-state index contributed by atoms with van der Waals surface area (Å²) in [5, 5.41) is 0.0408. The van der Waals surface area contributed by atoms with Gasteiger partial charge in [-0.25, -0.2) is 9.37 Å². The number of aryl methyl sites for hydroxylation is 1. The number of fused-ring (bicyclic) bond motifs is 1. The zero-order chi connectivity index (χ0) is 13.4. The Morgan fingerprint density at radius 2 is 1.89 bits per heavy atom. The second-order valence-corrected chi connectivity index (χ2v) is 4.59. The van der Waals surface area contributed by atoms with E-state index in [9.17, 15) is 4.39 Å². The number of imidazole rings is 1.